The number of hydrogen-bond acceptors (Lipinski definition) is 4. The molecule has 0 spiro atoms. The molecular formula is C13H14N2OS2. The van der Waals surface area contributed by atoms with Gasteiger partial charge in [-0.2, -0.15) is 5.10 Å². The van der Waals surface area contributed by atoms with Crippen molar-refractivity contribution >= 4 is 34.8 Å². The maximum Gasteiger partial charge on any atom is 0.272 e. The zero-order chi connectivity index (χ0) is 13.0. The molecule has 0 fully saturated rings. The highest BCUT2D eigenvalue weighted by atomic mass is 32.1. The molecular weight excluding hydrogens is 264 g/mol. The van der Waals surface area contributed by atoms with Crippen molar-refractivity contribution in [1.82, 2.24) is 5.43 Å². The summed E-state index contributed by atoms with van der Waals surface area (Å²) >= 11 is 3.19. The van der Waals surface area contributed by atoms with Crippen LogP contribution in [0.3, 0.4) is 0 Å². The van der Waals surface area contributed by atoms with Crippen molar-refractivity contribution < 1.29 is 4.79 Å². The summed E-state index contributed by atoms with van der Waals surface area (Å²) in [5.74, 6) is 0.289. The van der Waals surface area contributed by atoms with E-state index in [0.717, 1.165) is 4.88 Å². The van der Waals surface area contributed by atoms with Crippen molar-refractivity contribution in [3.05, 3.63) is 44.3 Å². The van der Waals surface area contributed by atoms with Gasteiger partial charge in [-0.15, -0.1) is 22.7 Å². The average Bonchev–Trinajstić information content (AvgIpc) is 2.99. The Hall–Kier alpha value is -1.46. The zero-order valence-electron chi connectivity index (χ0n) is 10.2. The molecule has 0 aliphatic rings. The van der Waals surface area contributed by atoms with Gasteiger partial charge in [0.2, 0.25) is 0 Å². The second-order valence-electron chi connectivity index (χ2n) is 4.11. The lowest BCUT2D eigenvalue weighted by Gasteiger charge is -1.97. The predicted molar refractivity (Wildman–Crippen MR) is 77.8 cm³/mol. The van der Waals surface area contributed by atoms with E-state index in [0.29, 0.717) is 11.5 Å². The van der Waals surface area contributed by atoms with Crippen LogP contribution >= 0.6 is 22.7 Å². The Morgan fingerprint density at radius 1 is 1.44 bits per heavy atom. The van der Waals surface area contributed by atoms with Crippen molar-refractivity contribution in [1.29, 1.82) is 0 Å². The van der Waals surface area contributed by atoms with Crippen molar-refractivity contribution in [2.24, 2.45) is 5.10 Å². The summed E-state index contributed by atoms with van der Waals surface area (Å²) in [5, 5.41) is 7.77. The van der Waals surface area contributed by atoms with Crippen LogP contribution in [-0.2, 0) is 0 Å². The molecule has 2 aromatic heterocycles. The number of hydrogen-bond donors (Lipinski definition) is 1. The molecule has 2 aromatic rings. The highest BCUT2D eigenvalue weighted by Gasteiger charge is 2.09. The normalized spacial score (nSPS) is 11.3. The summed E-state index contributed by atoms with van der Waals surface area (Å²) in [7, 11) is 0. The number of amides is 1. The van der Waals surface area contributed by atoms with Crippen LogP contribution in [0.5, 0.6) is 0 Å². The van der Waals surface area contributed by atoms with Gasteiger partial charge in [-0.3, -0.25) is 4.79 Å². The van der Waals surface area contributed by atoms with E-state index in [4.69, 9.17) is 0 Å². The van der Waals surface area contributed by atoms with Gasteiger partial charge >= 0.3 is 0 Å². The van der Waals surface area contributed by atoms with E-state index in [2.05, 4.69) is 24.4 Å². The Morgan fingerprint density at radius 3 is 2.89 bits per heavy atom. The van der Waals surface area contributed by atoms with Crippen molar-refractivity contribution in [3.63, 3.8) is 0 Å². The number of nitrogens with zero attached hydrogens (tertiary/aromatic N) is 1. The quantitative estimate of drug-likeness (QED) is 0.672. The molecule has 0 aliphatic heterocycles. The van der Waals surface area contributed by atoms with E-state index in [1.807, 2.05) is 29.0 Å². The van der Waals surface area contributed by atoms with E-state index < -0.39 is 0 Å². The van der Waals surface area contributed by atoms with Crippen LogP contribution in [0.25, 0.3) is 0 Å². The topological polar surface area (TPSA) is 41.5 Å². The van der Waals surface area contributed by atoms with Gasteiger partial charge < -0.3 is 0 Å². The van der Waals surface area contributed by atoms with Crippen LogP contribution < -0.4 is 5.43 Å². The van der Waals surface area contributed by atoms with E-state index in [1.165, 1.54) is 4.88 Å². The molecule has 1 amide bonds. The van der Waals surface area contributed by atoms with E-state index in [9.17, 15) is 4.79 Å². The number of carbonyl (C=O) groups excluding carboxylic acids is 1. The van der Waals surface area contributed by atoms with Gasteiger partial charge in [-0.1, -0.05) is 19.9 Å². The lowest BCUT2D eigenvalue weighted by atomic mass is 10.1. The minimum Gasteiger partial charge on any atom is -0.267 e. The van der Waals surface area contributed by atoms with E-state index in [-0.39, 0.29) is 5.91 Å². The van der Waals surface area contributed by atoms with Gasteiger partial charge in [0.1, 0.15) is 0 Å². The molecule has 0 saturated heterocycles. The van der Waals surface area contributed by atoms with Crippen LogP contribution in [0.4, 0.5) is 0 Å². The Balaban J connectivity index is 1.95. The maximum atomic E-state index is 11.8. The lowest BCUT2D eigenvalue weighted by molar-refractivity contribution is 0.0955. The van der Waals surface area contributed by atoms with Crippen molar-refractivity contribution in [2.45, 2.75) is 19.8 Å². The number of rotatable bonds is 4. The zero-order valence-corrected chi connectivity index (χ0v) is 11.8. The lowest BCUT2D eigenvalue weighted by Crippen LogP contribution is -2.16. The molecule has 1 N–H and O–H groups in total. The van der Waals surface area contributed by atoms with E-state index in [1.54, 1.807) is 28.9 Å². The van der Waals surface area contributed by atoms with Crippen LogP contribution in [0.15, 0.2) is 34.1 Å². The van der Waals surface area contributed by atoms with Gasteiger partial charge in [0.25, 0.3) is 5.91 Å². The number of nitrogens with one attached hydrogen (secondary N) is 1. The first kappa shape index (κ1) is 13.0. The van der Waals surface area contributed by atoms with Crippen molar-refractivity contribution in [3.8, 4) is 0 Å². The van der Waals surface area contributed by atoms with Gasteiger partial charge in [0.05, 0.1) is 11.8 Å². The standard InChI is InChI=1S/C13H14N2OS2/c1-9(2)12-6-10(8-18-12)13(16)15-14-7-11-4-3-5-17-11/h3-9H,1-2H3,(H,15,16)/b14-7-. The molecule has 94 valence electrons. The predicted octanol–water partition coefficient (Wildman–Crippen LogP) is 3.70. The molecule has 0 unspecified atom stereocenters. The van der Waals surface area contributed by atoms with Gasteiger partial charge in [-0.05, 0) is 23.4 Å². The number of hydrazone groups is 1. The molecule has 0 atom stereocenters. The molecule has 3 nitrogen and oxygen atoms in total. The molecule has 0 radical (unpaired) electrons. The monoisotopic (exact) mass is 278 g/mol. The molecule has 0 aliphatic carbocycles. The summed E-state index contributed by atoms with van der Waals surface area (Å²) in [6, 6.07) is 5.81. The third kappa shape index (κ3) is 3.27. The van der Waals surface area contributed by atoms with Crippen LogP contribution in [0.2, 0.25) is 0 Å². The van der Waals surface area contributed by atoms with Gasteiger partial charge in [0, 0.05) is 15.1 Å². The fourth-order valence-electron chi connectivity index (χ4n) is 1.36. The Bertz CT molecular complexity index is 541. The summed E-state index contributed by atoms with van der Waals surface area (Å²) in [6.45, 7) is 4.23. The molecule has 2 heterocycles. The van der Waals surface area contributed by atoms with Crippen LogP contribution in [-0.4, -0.2) is 12.1 Å². The summed E-state index contributed by atoms with van der Waals surface area (Å²) in [5.41, 5.74) is 3.21. The van der Waals surface area contributed by atoms with Gasteiger partial charge in [0.15, 0.2) is 0 Å². The summed E-state index contributed by atoms with van der Waals surface area (Å²) < 4.78 is 0. The Kier molecular flexibility index (Phi) is 4.28. The minimum atomic E-state index is -0.161. The SMILES string of the molecule is CC(C)c1cc(C(=O)N/N=C\c2cccs2)cs1. The second-order valence-corrected chi connectivity index (χ2v) is 6.03. The van der Waals surface area contributed by atoms with Gasteiger partial charge in [-0.25, -0.2) is 5.43 Å². The molecule has 0 aromatic carbocycles. The maximum absolute atomic E-state index is 11.8. The van der Waals surface area contributed by atoms with E-state index >= 15 is 0 Å². The smallest absolute Gasteiger partial charge is 0.267 e. The van der Waals surface area contributed by atoms with Crippen molar-refractivity contribution in [2.75, 3.05) is 0 Å². The summed E-state index contributed by atoms with van der Waals surface area (Å²) in [4.78, 5) is 14.0. The summed E-state index contributed by atoms with van der Waals surface area (Å²) in [6.07, 6.45) is 1.65. The fraction of sp³-hybridized carbons (Fsp3) is 0.231. The molecule has 0 saturated carbocycles. The number of thiophene rings is 2. The Morgan fingerprint density at radius 2 is 2.28 bits per heavy atom. The minimum absolute atomic E-state index is 0.161. The second kappa shape index (κ2) is 5.93. The number of carbonyl (C=O) groups is 1. The molecule has 2 rings (SSSR count). The largest absolute Gasteiger partial charge is 0.272 e. The average molecular weight is 278 g/mol. The third-order valence-electron chi connectivity index (χ3n) is 2.35. The first-order valence-electron chi connectivity index (χ1n) is 5.62. The Labute approximate surface area is 114 Å². The highest BCUT2D eigenvalue weighted by Crippen LogP contribution is 2.22. The molecule has 0 bridgehead atoms. The van der Waals surface area contributed by atoms with Crippen LogP contribution in [0.1, 0.15) is 39.9 Å². The highest BCUT2D eigenvalue weighted by molar-refractivity contribution is 7.11. The first-order chi connectivity index (χ1) is 8.66. The molecule has 18 heavy (non-hydrogen) atoms. The van der Waals surface area contributed by atoms with Crippen LogP contribution in [0, 0.1) is 0 Å². The fourth-order valence-corrected chi connectivity index (χ4v) is 2.85. The third-order valence-corrected chi connectivity index (χ3v) is 4.39. The first-order valence-corrected chi connectivity index (χ1v) is 7.38. The molecule has 5 heteroatoms.